The standard InChI is InChI=1S/C23H28N4O5S/c1-31-16-6-7-18(19(13-16)32-2)26-21(29)20(28)25-14-15-8-11-27(12-9-15)23(30)17-5-4-10-24-22(17)33-3/h4-7,10,13,15H,8-9,11-12,14H2,1-3H3,(H,25,28)(H,26,29). The van der Waals surface area contributed by atoms with E-state index in [1.165, 1.54) is 26.0 Å². The van der Waals surface area contributed by atoms with Crippen molar-refractivity contribution < 1.29 is 23.9 Å². The van der Waals surface area contributed by atoms with Crippen LogP contribution in [0, 0.1) is 5.92 Å². The van der Waals surface area contributed by atoms with Crippen LogP contribution in [0.4, 0.5) is 5.69 Å². The van der Waals surface area contributed by atoms with Crippen molar-refractivity contribution in [3.8, 4) is 11.5 Å². The number of rotatable bonds is 7. The van der Waals surface area contributed by atoms with E-state index in [2.05, 4.69) is 15.6 Å². The van der Waals surface area contributed by atoms with E-state index in [0.717, 1.165) is 17.9 Å². The molecule has 0 radical (unpaired) electrons. The van der Waals surface area contributed by atoms with E-state index < -0.39 is 11.8 Å². The van der Waals surface area contributed by atoms with Gasteiger partial charge in [0.15, 0.2) is 0 Å². The van der Waals surface area contributed by atoms with E-state index in [1.807, 2.05) is 11.2 Å². The molecular weight excluding hydrogens is 444 g/mol. The van der Waals surface area contributed by atoms with Crippen LogP contribution in [0.25, 0.3) is 0 Å². The molecular formula is C23H28N4O5S. The van der Waals surface area contributed by atoms with Gasteiger partial charge < -0.3 is 25.0 Å². The average molecular weight is 473 g/mol. The van der Waals surface area contributed by atoms with Crippen LogP contribution in [-0.4, -0.2) is 67.7 Å². The van der Waals surface area contributed by atoms with Crippen LogP contribution in [0.5, 0.6) is 11.5 Å². The smallest absolute Gasteiger partial charge is 0.313 e. The number of likely N-dealkylation sites (tertiary alicyclic amines) is 1. The fourth-order valence-corrected chi connectivity index (χ4v) is 4.17. The van der Waals surface area contributed by atoms with Gasteiger partial charge in [-0.1, -0.05) is 0 Å². The van der Waals surface area contributed by atoms with E-state index >= 15 is 0 Å². The van der Waals surface area contributed by atoms with Gasteiger partial charge in [-0.3, -0.25) is 14.4 Å². The number of pyridine rings is 1. The highest BCUT2D eigenvalue weighted by atomic mass is 32.2. The van der Waals surface area contributed by atoms with Gasteiger partial charge in [0, 0.05) is 31.9 Å². The molecule has 2 heterocycles. The molecule has 9 nitrogen and oxygen atoms in total. The number of methoxy groups -OCH3 is 2. The third-order valence-corrected chi connectivity index (χ3v) is 6.22. The Morgan fingerprint density at radius 2 is 1.88 bits per heavy atom. The van der Waals surface area contributed by atoms with E-state index in [0.29, 0.717) is 42.4 Å². The number of ether oxygens (including phenoxy) is 2. The maximum Gasteiger partial charge on any atom is 0.313 e. The Kier molecular flexibility index (Phi) is 8.53. The third kappa shape index (κ3) is 6.16. The molecule has 0 bridgehead atoms. The second-order valence-electron chi connectivity index (χ2n) is 7.53. The van der Waals surface area contributed by atoms with Crippen LogP contribution in [0.3, 0.4) is 0 Å². The van der Waals surface area contributed by atoms with Crippen molar-refractivity contribution in [2.24, 2.45) is 5.92 Å². The van der Waals surface area contributed by atoms with Gasteiger partial charge in [-0.05, 0) is 49.3 Å². The minimum Gasteiger partial charge on any atom is -0.497 e. The van der Waals surface area contributed by atoms with Gasteiger partial charge in [0.05, 0.1) is 25.5 Å². The molecule has 33 heavy (non-hydrogen) atoms. The molecule has 176 valence electrons. The van der Waals surface area contributed by atoms with E-state index in [-0.39, 0.29) is 11.8 Å². The Morgan fingerprint density at radius 1 is 1.12 bits per heavy atom. The Balaban J connectivity index is 1.47. The van der Waals surface area contributed by atoms with E-state index in [1.54, 1.807) is 36.5 Å². The van der Waals surface area contributed by atoms with Gasteiger partial charge in [-0.15, -0.1) is 11.8 Å². The molecule has 2 aromatic rings. The van der Waals surface area contributed by atoms with Crippen molar-refractivity contribution in [3.05, 3.63) is 42.1 Å². The Hall–Kier alpha value is -3.27. The number of benzene rings is 1. The van der Waals surface area contributed by atoms with Crippen LogP contribution in [0.1, 0.15) is 23.2 Å². The summed E-state index contributed by atoms with van der Waals surface area (Å²) in [5, 5.41) is 5.97. The molecule has 2 N–H and O–H groups in total. The minimum atomic E-state index is -0.771. The van der Waals surface area contributed by atoms with Crippen molar-refractivity contribution >= 4 is 35.2 Å². The molecule has 0 saturated carbocycles. The molecule has 3 amide bonds. The zero-order valence-electron chi connectivity index (χ0n) is 18.9. The SMILES string of the molecule is COc1ccc(NC(=O)C(=O)NCC2CCN(C(=O)c3cccnc3SC)CC2)c(OC)c1. The second-order valence-corrected chi connectivity index (χ2v) is 8.32. The Bertz CT molecular complexity index is 1010. The number of hydrogen-bond donors (Lipinski definition) is 2. The highest BCUT2D eigenvalue weighted by Crippen LogP contribution is 2.29. The summed E-state index contributed by atoms with van der Waals surface area (Å²) in [4.78, 5) is 43.5. The van der Waals surface area contributed by atoms with Gasteiger partial charge in [-0.25, -0.2) is 4.98 Å². The number of amides is 3. The van der Waals surface area contributed by atoms with E-state index in [9.17, 15) is 14.4 Å². The number of carbonyl (C=O) groups excluding carboxylic acids is 3. The minimum absolute atomic E-state index is 0.0252. The third-order valence-electron chi connectivity index (χ3n) is 5.51. The van der Waals surface area contributed by atoms with Crippen LogP contribution in [0.2, 0.25) is 0 Å². The summed E-state index contributed by atoms with van der Waals surface area (Å²) in [6, 6.07) is 8.46. The molecule has 3 rings (SSSR count). The lowest BCUT2D eigenvalue weighted by Gasteiger charge is -2.32. The van der Waals surface area contributed by atoms with Gasteiger partial charge in [-0.2, -0.15) is 0 Å². The molecule has 0 atom stereocenters. The predicted molar refractivity (Wildman–Crippen MR) is 126 cm³/mol. The summed E-state index contributed by atoms with van der Waals surface area (Å²) in [5.41, 5.74) is 0.993. The van der Waals surface area contributed by atoms with Crippen LogP contribution in [-0.2, 0) is 9.59 Å². The first-order valence-electron chi connectivity index (χ1n) is 10.6. The number of nitrogens with one attached hydrogen (secondary N) is 2. The molecule has 1 aliphatic heterocycles. The highest BCUT2D eigenvalue weighted by Gasteiger charge is 2.26. The lowest BCUT2D eigenvalue weighted by Crippen LogP contribution is -2.43. The first-order valence-corrected chi connectivity index (χ1v) is 11.8. The zero-order valence-corrected chi connectivity index (χ0v) is 19.7. The number of hydrogen-bond acceptors (Lipinski definition) is 7. The van der Waals surface area contributed by atoms with Crippen molar-refractivity contribution in [1.29, 1.82) is 0 Å². The number of nitrogens with zero attached hydrogens (tertiary/aromatic N) is 2. The monoisotopic (exact) mass is 472 g/mol. The molecule has 1 saturated heterocycles. The van der Waals surface area contributed by atoms with Crippen LogP contribution in [0.15, 0.2) is 41.6 Å². The summed E-state index contributed by atoms with van der Waals surface area (Å²) in [6.45, 7) is 1.56. The van der Waals surface area contributed by atoms with Gasteiger partial charge >= 0.3 is 11.8 Å². The summed E-state index contributed by atoms with van der Waals surface area (Å²) in [5.74, 6) is -0.352. The molecule has 0 spiro atoms. The second kappa shape index (κ2) is 11.6. The lowest BCUT2D eigenvalue weighted by molar-refractivity contribution is -0.136. The highest BCUT2D eigenvalue weighted by molar-refractivity contribution is 7.98. The fraction of sp³-hybridized carbons (Fsp3) is 0.391. The number of anilines is 1. The molecule has 1 aliphatic rings. The van der Waals surface area contributed by atoms with Crippen molar-refractivity contribution in [1.82, 2.24) is 15.2 Å². The molecule has 1 aromatic carbocycles. The summed E-state index contributed by atoms with van der Waals surface area (Å²) < 4.78 is 10.4. The molecule has 0 unspecified atom stereocenters. The maximum atomic E-state index is 12.8. The normalized spacial score (nSPS) is 13.8. The zero-order chi connectivity index (χ0) is 23.8. The molecule has 0 aliphatic carbocycles. The maximum absolute atomic E-state index is 12.8. The lowest BCUT2D eigenvalue weighted by atomic mass is 9.96. The number of thioether (sulfide) groups is 1. The summed E-state index contributed by atoms with van der Waals surface area (Å²) in [7, 11) is 3.00. The Labute approximate surface area is 197 Å². The quantitative estimate of drug-likeness (QED) is 0.470. The van der Waals surface area contributed by atoms with Gasteiger partial charge in [0.2, 0.25) is 0 Å². The Morgan fingerprint density at radius 3 is 2.55 bits per heavy atom. The van der Waals surface area contributed by atoms with Crippen molar-refractivity contribution in [2.75, 3.05) is 45.4 Å². The molecule has 10 heteroatoms. The predicted octanol–water partition coefficient (Wildman–Crippen LogP) is 2.43. The largest absolute Gasteiger partial charge is 0.497 e. The van der Waals surface area contributed by atoms with Crippen molar-refractivity contribution in [3.63, 3.8) is 0 Å². The number of aromatic nitrogens is 1. The van der Waals surface area contributed by atoms with Gasteiger partial charge in [0.25, 0.3) is 5.91 Å². The van der Waals surface area contributed by atoms with Crippen molar-refractivity contribution in [2.45, 2.75) is 17.9 Å². The first-order chi connectivity index (χ1) is 16.0. The first kappa shape index (κ1) is 24.4. The van der Waals surface area contributed by atoms with Crippen LogP contribution < -0.4 is 20.1 Å². The number of carbonyl (C=O) groups is 3. The summed E-state index contributed by atoms with van der Waals surface area (Å²) >= 11 is 1.45. The molecule has 1 fully saturated rings. The summed E-state index contributed by atoms with van der Waals surface area (Å²) in [6.07, 6.45) is 5.07. The molecule has 1 aromatic heterocycles. The fourth-order valence-electron chi connectivity index (χ4n) is 3.62. The topological polar surface area (TPSA) is 110 Å². The van der Waals surface area contributed by atoms with Crippen LogP contribution >= 0.6 is 11.8 Å². The average Bonchev–Trinajstić information content (AvgIpc) is 2.87. The van der Waals surface area contributed by atoms with E-state index in [4.69, 9.17) is 9.47 Å². The van der Waals surface area contributed by atoms with Gasteiger partial charge in [0.1, 0.15) is 16.5 Å². The number of piperidine rings is 1.